The Labute approximate surface area is 191 Å². The number of fused-ring (bicyclic) bond motifs is 2. The molecule has 0 unspecified atom stereocenters. The molecule has 2 aromatic heterocycles. The molecule has 156 valence electrons. The van der Waals surface area contributed by atoms with E-state index in [0.717, 1.165) is 14.7 Å². The number of carbonyl (C=O) groups is 1. The second kappa shape index (κ2) is 9.26. The zero-order chi connectivity index (χ0) is 20.5. The van der Waals surface area contributed by atoms with Gasteiger partial charge in [0.15, 0.2) is 5.13 Å². The molecule has 0 aliphatic heterocycles. The van der Waals surface area contributed by atoms with E-state index in [4.69, 9.17) is 4.42 Å². The van der Waals surface area contributed by atoms with E-state index >= 15 is 0 Å². The van der Waals surface area contributed by atoms with Crippen LogP contribution < -0.4 is 10.5 Å². The summed E-state index contributed by atoms with van der Waals surface area (Å²) >= 11 is 4.88. The minimum Gasteiger partial charge on any atom is -0.422 e. The SMILES string of the molecule is CN(C)CCN(C(=O)c1cc2ccccc2oc1=O)c1nc2ccc(Br)cc2s1.Cl. The number of anilines is 1. The summed E-state index contributed by atoms with van der Waals surface area (Å²) in [5.74, 6) is -0.413. The van der Waals surface area contributed by atoms with Crippen LogP contribution in [0, 0.1) is 0 Å². The topological polar surface area (TPSA) is 66.7 Å². The summed E-state index contributed by atoms with van der Waals surface area (Å²) in [6.07, 6.45) is 0. The standard InChI is InChI=1S/C21H18BrN3O3S.ClH/c1-24(2)9-10-25(21-23-16-8-7-14(22)12-18(16)29-21)19(26)15-11-13-5-3-4-6-17(13)28-20(15)27;/h3-8,11-12H,9-10H2,1-2H3;1H. The molecule has 4 rings (SSSR count). The maximum absolute atomic E-state index is 13.4. The lowest BCUT2D eigenvalue weighted by atomic mass is 10.1. The van der Waals surface area contributed by atoms with Gasteiger partial charge in [0.1, 0.15) is 11.1 Å². The molecule has 0 aliphatic rings. The predicted octanol–water partition coefficient (Wildman–Crippen LogP) is 4.80. The third-order valence-electron chi connectivity index (χ3n) is 4.46. The molecule has 4 aromatic rings. The minimum atomic E-state index is -0.646. The molecule has 2 aromatic carbocycles. The number of likely N-dealkylation sites (N-methyl/N-ethyl adjacent to an activating group) is 1. The van der Waals surface area contributed by atoms with Crippen molar-refractivity contribution < 1.29 is 9.21 Å². The number of halogens is 2. The lowest BCUT2D eigenvalue weighted by Crippen LogP contribution is -2.38. The Bertz CT molecular complexity index is 1270. The summed E-state index contributed by atoms with van der Waals surface area (Å²) in [6.45, 7) is 1.03. The average molecular weight is 509 g/mol. The van der Waals surface area contributed by atoms with Crippen molar-refractivity contribution in [2.75, 3.05) is 32.1 Å². The van der Waals surface area contributed by atoms with Crippen LogP contribution in [0.1, 0.15) is 10.4 Å². The molecule has 1 amide bonds. The van der Waals surface area contributed by atoms with E-state index in [9.17, 15) is 9.59 Å². The number of nitrogens with zero attached hydrogens (tertiary/aromatic N) is 3. The summed E-state index contributed by atoms with van der Waals surface area (Å²) in [5, 5.41) is 1.26. The highest BCUT2D eigenvalue weighted by Gasteiger charge is 2.25. The van der Waals surface area contributed by atoms with Crippen molar-refractivity contribution in [3.8, 4) is 0 Å². The molecule has 30 heavy (non-hydrogen) atoms. The van der Waals surface area contributed by atoms with Gasteiger partial charge in [-0.25, -0.2) is 9.78 Å². The van der Waals surface area contributed by atoms with Crippen LogP contribution in [0.15, 0.2) is 62.2 Å². The highest BCUT2D eigenvalue weighted by molar-refractivity contribution is 9.10. The first kappa shape index (κ1) is 22.4. The maximum atomic E-state index is 13.4. The lowest BCUT2D eigenvalue weighted by molar-refractivity contribution is 0.0982. The van der Waals surface area contributed by atoms with Crippen LogP contribution >= 0.6 is 39.7 Å². The molecule has 0 radical (unpaired) electrons. The summed E-state index contributed by atoms with van der Waals surface area (Å²) < 4.78 is 7.27. The van der Waals surface area contributed by atoms with Gasteiger partial charge < -0.3 is 9.32 Å². The first-order valence-corrected chi connectivity index (χ1v) is 10.6. The smallest absolute Gasteiger partial charge is 0.349 e. The van der Waals surface area contributed by atoms with Crippen molar-refractivity contribution in [3.63, 3.8) is 0 Å². The molecule has 0 aliphatic carbocycles. The molecule has 9 heteroatoms. The quantitative estimate of drug-likeness (QED) is 0.363. The summed E-state index contributed by atoms with van der Waals surface area (Å²) in [6, 6.07) is 14.5. The molecule has 0 saturated carbocycles. The number of hydrogen-bond donors (Lipinski definition) is 0. The first-order chi connectivity index (χ1) is 13.9. The van der Waals surface area contributed by atoms with Crippen LogP contribution in [0.4, 0.5) is 5.13 Å². The van der Waals surface area contributed by atoms with Crippen molar-refractivity contribution >= 4 is 71.9 Å². The van der Waals surface area contributed by atoms with E-state index in [1.807, 2.05) is 49.3 Å². The molecule has 0 bridgehead atoms. The Morgan fingerprint density at radius 1 is 1.13 bits per heavy atom. The zero-order valence-corrected chi connectivity index (χ0v) is 19.5. The monoisotopic (exact) mass is 507 g/mol. The predicted molar refractivity (Wildman–Crippen MR) is 127 cm³/mol. The minimum absolute atomic E-state index is 0. The van der Waals surface area contributed by atoms with Gasteiger partial charge >= 0.3 is 5.63 Å². The van der Waals surface area contributed by atoms with Gasteiger partial charge in [0.2, 0.25) is 0 Å². The molecular formula is C21H19BrClN3O3S. The van der Waals surface area contributed by atoms with Crippen molar-refractivity contribution in [2.45, 2.75) is 0 Å². The van der Waals surface area contributed by atoms with Gasteiger partial charge in [-0.3, -0.25) is 9.69 Å². The summed E-state index contributed by atoms with van der Waals surface area (Å²) in [4.78, 5) is 34.0. The third kappa shape index (κ3) is 4.57. The molecular weight excluding hydrogens is 490 g/mol. The van der Waals surface area contributed by atoms with Crippen LogP contribution in [0.3, 0.4) is 0 Å². The maximum Gasteiger partial charge on any atom is 0.349 e. The van der Waals surface area contributed by atoms with Gasteiger partial charge in [-0.2, -0.15) is 0 Å². The number of para-hydroxylation sites is 1. The molecule has 6 nitrogen and oxygen atoms in total. The highest BCUT2D eigenvalue weighted by atomic mass is 79.9. The number of aromatic nitrogens is 1. The molecule has 0 saturated heterocycles. The number of hydrogen-bond acceptors (Lipinski definition) is 6. The Hall–Kier alpha value is -2.26. The number of benzene rings is 2. The first-order valence-electron chi connectivity index (χ1n) is 8.98. The van der Waals surface area contributed by atoms with Gasteiger partial charge in [-0.1, -0.05) is 45.5 Å². The van der Waals surface area contributed by atoms with Gasteiger partial charge in [0.25, 0.3) is 5.91 Å². The fourth-order valence-corrected chi connectivity index (χ4v) is 4.48. The highest BCUT2D eigenvalue weighted by Crippen LogP contribution is 2.31. The van der Waals surface area contributed by atoms with E-state index in [1.54, 1.807) is 23.1 Å². The Kier molecular flexibility index (Phi) is 6.92. The number of rotatable bonds is 5. The van der Waals surface area contributed by atoms with Crippen molar-refractivity contribution in [3.05, 3.63) is 69.0 Å². The largest absolute Gasteiger partial charge is 0.422 e. The summed E-state index contributed by atoms with van der Waals surface area (Å²) in [7, 11) is 3.87. The van der Waals surface area contributed by atoms with Gasteiger partial charge in [0, 0.05) is 22.9 Å². The van der Waals surface area contributed by atoms with Gasteiger partial charge in [0.05, 0.1) is 10.2 Å². The Morgan fingerprint density at radius 3 is 2.67 bits per heavy atom. The van der Waals surface area contributed by atoms with E-state index in [1.165, 1.54) is 11.3 Å². The fourth-order valence-electron chi connectivity index (χ4n) is 2.94. The number of amides is 1. The van der Waals surface area contributed by atoms with Crippen LogP contribution in [-0.2, 0) is 0 Å². The van der Waals surface area contributed by atoms with E-state index in [0.29, 0.717) is 29.2 Å². The number of carbonyl (C=O) groups excluding carboxylic acids is 1. The van der Waals surface area contributed by atoms with Crippen molar-refractivity contribution in [1.82, 2.24) is 9.88 Å². The second-order valence-electron chi connectivity index (χ2n) is 6.85. The third-order valence-corrected chi connectivity index (χ3v) is 5.99. The average Bonchev–Trinajstić information content (AvgIpc) is 3.09. The van der Waals surface area contributed by atoms with Crippen molar-refractivity contribution in [1.29, 1.82) is 0 Å². The molecule has 0 N–H and O–H groups in total. The normalized spacial score (nSPS) is 11.1. The van der Waals surface area contributed by atoms with Crippen LogP contribution in [-0.4, -0.2) is 43.0 Å². The molecule has 2 heterocycles. The van der Waals surface area contributed by atoms with Gasteiger partial charge in [-0.05, 0) is 44.4 Å². The zero-order valence-electron chi connectivity index (χ0n) is 16.3. The Morgan fingerprint density at radius 2 is 1.90 bits per heavy atom. The number of thiazole rings is 1. The van der Waals surface area contributed by atoms with Crippen LogP contribution in [0.2, 0.25) is 0 Å². The molecule has 0 atom stereocenters. The van der Waals surface area contributed by atoms with Crippen molar-refractivity contribution in [2.24, 2.45) is 0 Å². The Balaban J connectivity index is 0.00000256. The van der Waals surface area contributed by atoms with Crippen LogP contribution in [0.25, 0.3) is 21.2 Å². The molecule has 0 spiro atoms. The summed E-state index contributed by atoms with van der Waals surface area (Å²) in [5.41, 5.74) is 0.621. The molecule has 0 fully saturated rings. The van der Waals surface area contributed by atoms with E-state index in [-0.39, 0.29) is 18.0 Å². The van der Waals surface area contributed by atoms with E-state index in [2.05, 4.69) is 20.9 Å². The second-order valence-corrected chi connectivity index (χ2v) is 8.78. The van der Waals surface area contributed by atoms with E-state index < -0.39 is 11.5 Å². The fraction of sp³-hybridized carbons (Fsp3) is 0.190. The van der Waals surface area contributed by atoms with Crippen LogP contribution in [0.5, 0.6) is 0 Å². The lowest BCUT2D eigenvalue weighted by Gasteiger charge is -2.21. The van der Waals surface area contributed by atoms with Gasteiger partial charge in [-0.15, -0.1) is 12.4 Å².